The van der Waals surface area contributed by atoms with Crippen LogP contribution in [0.15, 0.2) is 65.5 Å². The van der Waals surface area contributed by atoms with E-state index in [4.69, 9.17) is 0 Å². The fourth-order valence-corrected chi connectivity index (χ4v) is 5.40. The third kappa shape index (κ3) is 4.32. The van der Waals surface area contributed by atoms with Gasteiger partial charge in [-0.25, -0.2) is 4.98 Å². The maximum atomic E-state index is 12.5. The number of nitrogens with one attached hydrogen (secondary N) is 2. The van der Waals surface area contributed by atoms with Crippen LogP contribution in [0.1, 0.15) is 43.7 Å². The number of fused-ring (bicyclic) bond motifs is 3. The molecule has 2 heterocycles. The zero-order chi connectivity index (χ0) is 21.2. The summed E-state index contributed by atoms with van der Waals surface area (Å²) >= 11 is 3.49. The molecule has 0 radical (unpaired) electrons. The Hall–Kier alpha value is -2.44. The number of amides is 1. The molecule has 2 aromatic carbocycles. The van der Waals surface area contributed by atoms with Crippen LogP contribution in [-0.4, -0.2) is 28.0 Å². The molecule has 1 saturated carbocycles. The van der Waals surface area contributed by atoms with Gasteiger partial charge in [0.2, 0.25) is 5.91 Å². The Balaban J connectivity index is 1.11. The van der Waals surface area contributed by atoms with E-state index in [9.17, 15) is 4.79 Å². The van der Waals surface area contributed by atoms with E-state index in [1.165, 1.54) is 16.8 Å². The van der Waals surface area contributed by atoms with Gasteiger partial charge in [-0.15, -0.1) is 0 Å². The van der Waals surface area contributed by atoms with Crippen LogP contribution >= 0.6 is 15.9 Å². The van der Waals surface area contributed by atoms with Crippen LogP contribution in [0.4, 0.5) is 5.69 Å². The van der Waals surface area contributed by atoms with Gasteiger partial charge in [0.1, 0.15) is 0 Å². The predicted molar refractivity (Wildman–Crippen MR) is 127 cm³/mol. The van der Waals surface area contributed by atoms with Crippen LogP contribution in [0.5, 0.6) is 0 Å². The van der Waals surface area contributed by atoms with Crippen LogP contribution in [0, 0.1) is 5.92 Å². The second-order valence-electron chi connectivity index (χ2n) is 8.65. The van der Waals surface area contributed by atoms with Gasteiger partial charge in [-0.05, 0) is 65.2 Å². The van der Waals surface area contributed by atoms with Crippen molar-refractivity contribution < 1.29 is 4.79 Å². The van der Waals surface area contributed by atoms with Gasteiger partial charge in [-0.3, -0.25) is 4.79 Å². The molecule has 0 spiro atoms. The summed E-state index contributed by atoms with van der Waals surface area (Å²) in [5.74, 6) is 0.575. The number of anilines is 1. The van der Waals surface area contributed by atoms with Gasteiger partial charge in [0.15, 0.2) is 0 Å². The Morgan fingerprint density at radius 2 is 1.84 bits per heavy atom. The van der Waals surface area contributed by atoms with E-state index < -0.39 is 0 Å². The van der Waals surface area contributed by atoms with Gasteiger partial charge in [0.05, 0.1) is 29.9 Å². The number of aromatic nitrogens is 2. The van der Waals surface area contributed by atoms with Crippen molar-refractivity contribution in [3.8, 4) is 11.3 Å². The third-order valence-corrected chi connectivity index (χ3v) is 7.36. The number of benzene rings is 2. The van der Waals surface area contributed by atoms with Crippen LogP contribution < -0.4 is 10.6 Å². The van der Waals surface area contributed by atoms with Gasteiger partial charge in [-0.2, -0.15) is 0 Å². The molecule has 0 saturated heterocycles. The molecule has 1 fully saturated rings. The van der Waals surface area contributed by atoms with E-state index in [1.807, 2.05) is 36.8 Å². The first-order chi connectivity index (χ1) is 15.2. The Morgan fingerprint density at radius 1 is 1.06 bits per heavy atom. The van der Waals surface area contributed by atoms with Crippen molar-refractivity contribution in [1.82, 2.24) is 14.9 Å². The zero-order valence-corrected chi connectivity index (χ0v) is 19.0. The first kappa shape index (κ1) is 20.5. The second kappa shape index (κ2) is 8.97. The third-order valence-electron chi connectivity index (χ3n) is 6.67. The van der Waals surface area contributed by atoms with Crippen molar-refractivity contribution in [2.75, 3.05) is 11.9 Å². The lowest BCUT2D eigenvalue weighted by Gasteiger charge is -2.30. The largest absolute Gasteiger partial charge is 0.325 e. The van der Waals surface area contributed by atoms with E-state index in [1.54, 1.807) is 0 Å². The summed E-state index contributed by atoms with van der Waals surface area (Å²) in [6.45, 7) is 0.915. The summed E-state index contributed by atoms with van der Waals surface area (Å²) in [6.07, 6.45) is 8.95. The minimum Gasteiger partial charge on any atom is -0.325 e. The van der Waals surface area contributed by atoms with Crippen molar-refractivity contribution in [1.29, 1.82) is 0 Å². The number of carbonyl (C=O) groups is 1. The highest BCUT2D eigenvalue weighted by Crippen LogP contribution is 2.39. The molecule has 2 aliphatic rings. The molecule has 1 aromatic heterocycles. The molecule has 1 aliphatic heterocycles. The molecule has 31 heavy (non-hydrogen) atoms. The molecule has 1 unspecified atom stereocenters. The van der Waals surface area contributed by atoms with Crippen molar-refractivity contribution >= 4 is 27.5 Å². The number of hydrogen-bond acceptors (Lipinski definition) is 3. The molecule has 5 rings (SSSR count). The Labute approximate surface area is 191 Å². The number of nitrogens with zero attached hydrogens (tertiary/aromatic N) is 2. The fraction of sp³-hybridized carbons (Fsp3) is 0.360. The van der Waals surface area contributed by atoms with Crippen molar-refractivity contribution in [3.05, 3.63) is 71.1 Å². The summed E-state index contributed by atoms with van der Waals surface area (Å²) in [6, 6.07) is 17.2. The molecule has 6 heteroatoms. The number of carbonyl (C=O) groups excluding carboxylic acids is 1. The number of para-hydroxylation sites is 1. The molecule has 3 aromatic rings. The quantitative estimate of drug-likeness (QED) is 0.498. The topological polar surface area (TPSA) is 59.0 Å². The molecular formula is C25H27BrN4O. The van der Waals surface area contributed by atoms with Crippen molar-refractivity contribution in [2.45, 2.75) is 44.2 Å². The van der Waals surface area contributed by atoms with E-state index in [-0.39, 0.29) is 5.91 Å². The molecular weight excluding hydrogens is 452 g/mol. The van der Waals surface area contributed by atoms with Gasteiger partial charge < -0.3 is 15.2 Å². The monoisotopic (exact) mass is 478 g/mol. The minimum absolute atomic E-state index is 0.110. The number of halogens is 1. The summed E-state index contributed by atoms with van der Waals surface area (Å²) < 4.78 is 3.21. The SMILES string of the molecule is O=C(CC1CCC(NCC2c3ccccc3-c3cncn32)CC1)Nc1ccccc1Br. The van der Waals surface area contributed by atoms with Crippen molar-refractivity contribution in [2.24, 2.45) is 5.92 Å². The summed E-state index contributed by atoms with van der Waals surface area (Å²) in [5, 5.41) is 6.84. The lowest BCUT2D eigenvalue weighted by molar-refractivity contribution is -0.117. The van der Waals surface area contributed by atoms with E-state index in [0.717, 1.165) is 42.4 Å². The molecule has 1 amide bonds. The number of imidazole rings is 1. The fourth-order valence-electron chi connectivity index (χ4n) is 5.02. The number of hydrogen-bond donors (Lipinski definition) is 2. The molecule has 5 nitrogen and oxygen atoms in total. The second-order valence-corrected chi connectivity index (χ2v) is 9.50. The van der Waals surface area contributed by atoms with Crippen LogP contribution in [0.3, 0.4) is 0 Å². The predicted octanol–water partition coefficient (Wildman–Crippen LogP) is 5.39. The lowest BCUT2D eigenvalue weighted by atomic mass is 9.84. The average molecular weight is 479 g/mol. The highest BCUT2D eigenvalue weighted by molar-refractivity contribution is 9.10. The first-order valence-electron chi connectivity index (χ1n) is 11.1. The maximum Gasteiger partial charge on any atom is 0.224 e. The van der Waals surface area contributed by atoms with E-state index in [0.29, 0.717) is 24.4 Å². The Morgan fingerprint density at radius 3 is 2.68 bits per heavy atom. The highest BCUT2D eigenvalue weighted by atomic mass is 79.9. The maximum absolute atomic E-state index is 12.5. The van der Waals surface area contributed by atoms with Crippen LogP contribution in [0.2, 0.25) is 0 Å². The highest BCUT2D eigenvalue weighted by Gasteiger charge is 2.29. The minimum atomic E-state index is 0.110. The van der Waals surface area contributed by atoms with Gasteiger partial charge in [-0.1, -0.05) is 36.4 Å². The lowest BCUT2D eigenvalue weighted by Crippen LogP contribution is -2.37. The van der Waals surface area contributed by atoms with Crippen LogP contribution in [0.25, 0.3) is 11.3 Å². The standard InChI is InChI=1S/C25H27BrN4O/c26-21-7-3-4-8-22(21)29-25(31)13-17-9-11-18(12-10-17)28-15-24-20-6-2-1-5-19(20)23-14-27-16-30(23)24/h1-8,14,16-18,24,28H,9-13,15H2,(H,29,31). The normalized spacial score (nSPS) is 22.0. The number of rotatable bonds is 6. The Kier molecular flexibility index (Phi) is 5.92. The van der Waals surface area contributed by atoms with Crippen molar-refractivity contribution in [3.63, 3.8) is 0 Å². The molecule has 160 valence electrons. The van der Waals surface area contributed by atoms with Gasteiger partial charge in [0.25, 0.3) is 0 Å². The van der Waals surface area contributed by atoms with E-state index >= 15 is 0 Å². The molecule has 1 atom stereocenters. The first-order valence-corrected chi connectivity index (χ1v) is 11.9. The van der Waals surface area contributed by atoms with Gasteiger partial charge >= 0.3 is 0 Å². The average Bonchev–Trinajstić information content (AvgIpc) is 3.36. The Bertz CT molecular complexity index is 1070. The summed E-state index contributed by atoms with van der Waals surface area (Å²) in [7, 11) is 0. The van der Waals surface area contributed by atoms with Crippen LogP contribution in [-0.2, 0) is 4.79 Å². The smallest absolute Gasteiger partial charge is 0.224 e. The summed E-state index contributed by atoms with van der Waals surface area (Å²) in [4.78, 5) is 16.8. The molecule has 2 N–H and O–H groups in total. The van der Waals surface area contributed by atoms with E-state index in [2.05, 4.69) is 60.4 Å². The zero-order valence-electron chi connectivity index (χ0n) is 17.4. The van der Waals surface area contributed by atoms with Gasteiger partial charge in [0, 0.05) is 29.0 Å². The molecule has 1 aliphatic carbocycles. The molecule has 0 bridgehead atoms. The summed E-state index contributed by atoms with van der Waals surface area (Å²) in [5.41, 5.74) is 4.73.